The second-order valence-electron chi connectivity index (χ2n) is 7.62. The lowest BCUT2D eigenvalue weighted by molar-refractivity contribution is 0.0729. The zero-order valence-electron chi connectivity index (χ0n) is 17.5. The zero-order chi connectivity index (χ0) is 22.8. The van der Waals surface area contributed by atoms with Gasteiger partial charge in [0.25, 0.3) is 5.91 Å². The molecule has 1 aliphatic heterocycles. The van der Waals surface area contributed by atoms with Crippen molar-refractivity contribution in [3.63, 3.8) is 0 Å². The molecule has 6 nitrogen and oxygen atoms in total. The highest BCUT2D eigenvalue weighted by Gasteiger charge is 2.28. The lowest BCUT2D eigenvalue weighted by Crippen LogP contribution is -2.37. The van der Waals surface area contributed by atoms with Gasteiger partial charge in [0.2, 0.25) is 0 Å². The van der Waals surface area contributed by atoms with Crippen LogP contribution in [-0.4, -0.2) is 32.3 Å². The van der Waals surface area contributed by atoms with Crippen LogP contribution in [0.15, 0.2) is 73.1 Å². The molecule has 1 amide bonds. The predicted octanol–water partition coefficient (Wildman–Crippen LogP) is 4.76. The van der Waals surface area contributed by atoms with E-state index >= 15 is 0 Å². The van der Waals surface area contributed by atoms with E-state index in [0.29, 0.717) is 30.2 Å². The molecule has 0 radical (unpaired) electrons. The summed E-state index contributed by atoms with van der Waals surface area (Å²) in [5.74, 6) is -0.520. The molecule has 8 heteroatoms. The van der Waals surface area contributed by atoms with Gasteiger partial charge in [0.05, 0.1) is 23.5 Å². The molecule has 33 heavy (non-hydrogen) atoms. The molecule has 0 saturated carbocycles. The van der Waals surface area contributed by atoms with Crippen molar-refractivity contribution in [3.8, 4) is 11.4 Å². The normalized spacial score (nSPS) is 12.8. The van der Waals surface area contributed by atoms with E-state index in [1.54, 1.807) is 59.8 Å². The van der Waals surface area contributed by atoms with Crippen molar-refractivity contribution in [2.75, 3.05) is 11.9 Å². The summed E-state index contributed by atoms with van der Waals surface area (Å²) in [5.41, 5.74) is 2.48. The number of amides is 1. The smallest absolute Gasteiger partial charge is 0.257 e. The van der Waals surface area contributed by atoms with Gasteiger partial charge in [-0.1, -0.05) is 24.3 Å². The van der Waals surface area contributed by atoms with Gasteiger partial charge in [0, 0.05) is 36.5 Å². The molecule has 0 spiro atoms. The summed E-state index contributed by atoms with van der Waals surface area (Å²) >= 11 is 0. The third kappa shape index (κ3) is 4.15. The Labute approximate surface area is 189 Å². The number of hydrogen-bond donors (Lipinski definition) is 1. The van der Waals surface area contributed by atoms with E-state index < -0.39 is 17.5 Å². The summed E-state index contributed by atoms with van der Waals surface area (Å²) in [6.45, 7) is 0.558. The fourth-order valence-electron chi connectivity index (χ4n) is 3.82. The number of aromatic nitrogens is 3. The second kappa shape index (κ2) is 8.74. The van der Waals surface area contributed by atoms with Crippen LogP contribution in [0.5, 0.6) is 0 Å². The van der Waals surface area contributed by atoms with Crippen LogP contribution in [0.1, 0.15) is 21.6 Å². The van der Waals surface area contributed by atoms with Gasteiger partial charge in [-0.25, -0.2) is 18.7 Å². The topological polar surface area (TPSA) is 71.0 Å². The van der Waals surface area contributed by atoms with E-state index in [1.165, 1.54) is 18.2 Å². The van der Waals surface area contributed by atoms with Crippen LogP contribution in [0.25, 0.3) is 11.4 Å². The van der Waals surface area contributed by atoms with Gasteiger partial charge >= 0.3 is 0 Å². The van der Waals surface area contributed by atoms with Crippen molar-refractivity contribution in [1.82, 2.24) is 19.9 Å². The molecule has 3 heterocycles. The highest BCUT2D eigenvalue weighted by atomic mass is 19.1. The van der Waals surface area contributed by atoms with E-state index in [2.05, 4.69) is 15.3 Å². The number of rotatable bonds is 4. The summed E-state index contributed by atoms with van der Waals surface area (Å²) < 4.78 is 28.6. The number of carbonyl (C=O) groups is 1. The van der Waals surface area contributed by atoms with Gasteiger partial charge in [-0.2, -0.15) is 0 Å². The lowest BCUT2D eigenvalue weighted by Gasteiger charge is -2.30. The highest BCUT2D eigenvalue weighted by molar-refractivity contribution is 5.94. The Hall–Kier alpha value is -4.20. The van der Waals surface area contributed by atoms with E-state index in [4.69, 9.17) is 4.98 Å². The third-order valence-electron chi connectivity index (χ3n) is 5.52. The Kier molecular flexibility index (Phi) is 5.48. The minimum absolute atomic E-state index is 0.0129. The first kappa shape index (κ1) is 20.7. The highest BCUT2D eigenvalue weighted by Crippen LogP contribution is 2.30. The van der Waals surface area contributed by atoms with Crippen LogP contribution in [0, 0.1) is 11.6 Å². The van der Waals surface area contributed by atoms with Crippen LogP contribution in [0.4, 0.5) is 20.3 Å². The summed E-state index contributed by atoms with van der Waals surface area (Å²) in [4.78, 5) is 27.9. The first-order valence-corrected chi connectivity index (χ1v) is 10.5. The molecule has 0 unspecified atom stereocenters. The number of hydrogen-bond acceptors (Lipinski definition) is 5. The number of carbonyl (C=O) groups excluding carboxylic acids is 1. The Morgan fingerprint density at radius 1 is 0.909 bits per heavy atom. The van der Waals surface area contributed by atoms with Crippen molar-refractivity contribution in [2.45, 2.75) is 13.0 Å². The maximum Gasteiger partial charge on any atom is 0.257 e. The van der Waals surface area contributed by atoms with Crippen molar-refractivity contribution in [2.24, 2.45) is 0 Å². The average Bonchev–Trinajstić information content (AvgIpc) is 2.85. The monoisotopic (exact) mass is 443 g/mol. The molecule has 4 aromatic rings. The van der Waals surface area contributed by atoms with E-state index in [0.717, 1.165) is 11.3 Å². The number of benzene rings is 2. The van der Waals surface area contributed by atoms with Gasteiger partial charge in [-0.05, 0) is 36.4 Å². The Balaban J connectivity index is 1.55. The average molecular weight is 443 g/mol. The lowest BCUT2D eigenvalue weighted by atomic mass is 10.0. The number of nitrogens with one attached hydrogen (secondary N) is 1. The molecule has 0 saturated heterocycles. The zero-order valence-corrected chi connectivity index (χ0v) is 17.5. The predicted molar refractivity (Wildman–Crippen MR) is 120 cm³/mol. The van der Waals surface area contributed by atoms with Crippen molar-refractivity contribution < 1.29 is 13.6 Å². The summed E-state index contributed by atoms with van der Waals surface area (Å²) in [6.07, 6.45) is 3.76. The molecule has 2 aromatic carbocycles. The molecule has 0 fully saturated rings. The standard InChI is InChI=1S/C25H19F2N5O/c26-19-6-2-1-5-17(19)25(33)32-14-11-21-18(15-32)24(30-22-8-4-3-7-20(22)27)31-23(29-21)16-9-12-28-13-10-16/h1-10,12-13H,11,14-15H2,(H,29,30,31). The maximum absolute atomic E-state index is 14.4. The molecule has 0 bridgehead atoms. The molecule has 2 aromatic heterocycles. The number of anilines is 2. The van der Waals surface area contributed by atoms with E-state index in [1.807, 2.05) is 0 Å². The third-order valence-corrected chi connectivity index (χ3v) is 5.52. The number of nitrogens with zero attached hydrogens (tertiary/aromatic N) is 4. The Morgan fingerprint density at radius 3 is 2.39 bits per heavy atom. The van der Waals surface area contributed by atoms with Gasteiger partial charge < -0.3 is 10.2 Å². The number of pyridine rings is 1. The summed E-state index contributed by atoms with van der Waals surface area (Å²) in [6, 6.07) is 15.8. The molecule has 164 valence electrons. The minimum Gasteiger partial charge on any atom is -0.337 e. The fraction of sp³-hybridized carbons (Fsp3) is 0.120. The van der Waals surface area contributed by atoms with E-state index in [-0.39, 0.29) is 17.8 Å². The summed E-state index contributed by atoms with van der Waals surface area (Å²) in [7, 11) is 0. The van der Waals surface area contributed by atoms with Gasteiger partial charge in [-0.3, -0.25) is 9.78 Å². The summed E-state index contributed by atoms with van der Waals surface area (Å²) in [5, 5.41) is 3.07. The van der Waals surface area contributed by atoms with Gasteiger partial charge in [0.1, 0.15) is 17.5 Å². The first-order valence-electron chi connectivity index (χ1n) is 10.5. The van der Waals surface area contributed by atoms with Crippen LogP contribution < -0.4 is 5.32 Å². The molecular weight excluding hydrogens is 424 g/mol. The Bertz CT molecular complexity index is 1330. The van der Waals surface area contributed by atoms with Crippen LogP contribution in [-0.2, 0) is 13.0 Å². The van der Waals surface area contributed by atoms with Gasteiger partial charge in [-0.15, -0.1) is 0 Å². The molecule has 1 aliphatic rings. The molecule has 5 rings (SSSR count). The van der Waals surface area contributed by atoms with Crippen LogP contribution in [0.3, 0.4) is 0 Å². The number of para-hydroxylation sites is 1. The quantitative estimate of drug-likeness (QED) is 0.493. The number of halogens is 2. The molecule has 1 N–H and O–H groups in total. The van der Waals surface area contributed by atoms with Crippen molar-refractivity contribution in [3.05, 3.63) is 102 Å². The molecule has 0 atom stereocenters. The second-order valence-corrected chi connectivity index (χ2v) is 7.62. The maximum atomic E-state index is 14.4. The largest absolute Gasteiger partial charge is 0.337 e. The first-order chi connectivity index (χ1) is 16.1. The molecule has 0 aliphatic carbocycles. The van der Waals surface area contributed by atoms with Crippen molar-refractivity contribution >= 4 is 17.4 Å². The Morgan fingerprint density at radius 2 is 1.64 bits per heavy atom. The number of fused-ring (bicyclic) bond motifs is 1. The van der Waals surface area contributed by atoms with Crippen LogP contribution in [0.2, 0.25) is 0 Å². The van der Waals surface area contributed by atoms with Crippen LogP contribution >= 0.6 is 0 Å². The van der Waals surface area contributed by atoms with Crippen molar-refractivity contribution in [1.29, 1.82) is 0 Å². The SMILES string of the molecule is O=C(c1ccccc1F)N1CCc2nc(-c3ccncc3)nc(Nc3ccccc3F)c2C1. The minimum atomic E-state index is -0.567. The molecular formula is C25H19F2N5O. The van der Waals surface area contributed by atoms with E-state index in [9.17, 15) is 13.6 Å². The fourth-order valence-corrected chi connectivity index (χ4v) is 3.82. The van der Waals surface area contributed by atoms with Gasteiger partial charge in [0.15, 0.2) is 5.82 Å².